The fourth-order valence-electron chi connectivity index (χ4n) is 1.91. The number of nitrogens with one attached hydrogen (secondary N) is 1. The van der Waals surface area contributed by atoms with Gasteiger partial charge in [-0.15, -0.1) is 0 Å². The summed E-state index contributed by atoms with van der Waals surface area (Å²) in [4.78, 5) is 4.26. The molecule has 0 spiro atoms. The van der Waals surface area contributed by atoms with E-state index in [4.69, 9.17) is 4.74 Å². The van der Waals surface area contributed by atoms with Gasteiger partial charge in [0.25, 0.3) is 0 Å². The highest BCUT2D eigenvalue weighted by Crippen LogP contribution is 2.28. The van der Waals surface area contributed by atoms with Crippen LogP contribution < -0.4 is 10.1 Å². The SMILES string of the molecule is CC(C)(C)NC[C@H](O)c1cccnc1OC1CCC1. The minimum absolute atomic E-state index is 0.0157. The fraction of sp³-hybridized carbons (Fsp3) is 0.667. The molecule has 0 bridgehead atoms. The van der Waals surface area contributed by atoms with Crippen molar-refractivity contribution in [1.29, 1.82) is 0 Å². The van der Waals surface area contributed by atoms with Crippen LogP contribution in [0, 0.1) is 0 Å². The number of ether oxygens (including phenoxy) is 1. The summed E-state index contributed by atoms with van der Waals surface area (Å²) in [6.07, 6.45) is 4.79. The molecular weight excluding hydrogens is 240 g/mol. The maximum absolute atomic E-state index is 10.3. The number of aliphatic hydroxyl groups excluding tert-OH is 1. The first-order valence-corrected chi connectivity index (χ1v) is 7.00. The molecule has 2 rings (SSSR count). The van der Waals surface area contributed by atoms with Crippen LogP contribution in [-0.2, 0) is 0 Å². The van der Waals surface area contributed by atoms with Gasteiger partial charge in [-0.2, -0.15) is 0 Å². The van der Waals surface area contributed by atoms with Gasteiger partial charge in [0.15, 0.2) is 0 Å². The molecule has 106 valence electrons. The first-order valence-electron chi connectivity index (χ1n) is 7.00. The van der Waals surface area contributed by atoms with E-state index in [-0.39, 0.29) is 11.6 Å². The number of nitrogens with zero attached hydrogens (tertiary/aromatic N) is 1. The molecule has 19 heavy (non-hydrogen) atoms. The molecule has 1 aliphatic carbocycles. The lowest BCUT2D eigenvalue weighted by molar-refractivity contribution is 0.103. The Morgan fingerprint density at radius 3 is 2.79 bits per heavy atom. The fourth-order valence-corrected chi connectivity index (χ4v) is 1.91. The predicted octanol–water partition coefficient (Wildman–Crippen LogP) is 2.43. The highest BCUT2D eigenvalue weighted by Gasteiger charge is 2.23. The van der Waals surface area contributed by atoms with Gasteiger partial charge in [-0.05, 0) is 52.2 Å². The van der Waals surface area contributed by atoms with E-state index >= 15 is 0 Å². The van der Waals surface area contributed by atoms with Crippen LogP contribution >= 0.6 is 0 Å². The molecule has 0 unspecified atom stereocenters. The van der Waals surface area contributed by atoms with E-state index in [2.05, 4.69) is 31.1 Å². The van der Waals surface area contributed by atoms with Gasteiger partial charge in [-0.25, -0.2) is 4.98 Å². The molecule has 1 heterocycles. The Labute approximate surface area is 115 Å². The Hall–Kier alpha value is -1.13. The monoisotopic (exact) mass is 264 g/mol. The molecule has 2 N–H and O–H groups in total. The van der Waals surface area contributed by atoms with Crippen LogP contribution in [0.5, 0.6) is 5.88 Å². The number of β-amino-alcohol motifs (C(OH)–C–C–N with tert-alkyl or cyclic N) is 1. The molecular formula is C15H24N2O2. The van der Waals surface area contributed by atoms with Crippen LogP contribution in [-0.4, -0.2) is 28.3 Å². The summed E-state index contributed by atoms with van der Waals surface area (Å²) < 4.78 is 5.84. The van der Waals surface area contributed by atoms with Gasteiger partial charge in [0.2, 0.25) is 5.88 Å². The van der Waals surface area contributed by atoms with E-state index < -0.39 is 6.10 Å². The Balaban J connectivity index is 2.01. The number of pyridine rings is 1. The van der Waals surface area contributed by atoms with E-state index in [1.54, 1.807) is 6.20 Å². The zero-order chi connectivity index (χ0) is 13.9. The molecule has 0 saturated heterocycles. The summed E-state index contributed by atoms with van der Waals surface area (Å²) in [5.74, 6) is 0.579. The van der Waals surface area contributed by atoms with E-state index in [1.807, 2.05) is 12.1 Å². The van der Waals surface area contributed by atoms with E-state index in [0.717, 1.165) is 18.4 Å². The Bertz CT molecular complexity index is 411. The highest BCUT2D eigenvalue weighted by atomic mass is 16.5. The summed E-state index contributed by atoms with van der Waals surface area (Å²) in [6, 6.07) is 3.72. The molecule has 0 aliphatic heterocycles. The minimum Gasteiger partial charge on any atom is -0.474 e. The van der Waals surface area contributed by atoms with E-state index in [9.17, 15) is 5.11 Å². The van der Waals surface area contributed by atoms with Gasteiger partial charge in [0.05, 0.1) is 6.10 Å². The highest BCUT2D eigenvalue weighted by molar-refractivity contribution is 5.28. The smallest absolute Gasteiger partial charge is 0.219 e. The molecule has 1 aromatic heterocycles. The molecule has 1 aliphatic rings. The zero-order valence-electron chi connectivity index (χ0n) is 12.0. The summed E-state index contributed by atoms with van der Waals surface area (Å²) in [5.41, 5.74) is 0.754. The third-order valence-electron chi connectivity index (χ3n) is 3.32. The number of rotatable bonds is 5. The molecule has 0 aromatic carbocycles. The van der Waals surface area contributed by atoms with Crippen LogP contribution in [0.2, 0.25) is 0 Å². The van der Waals surface area contributed by atoms with Gasteiger partial charge < -0.3 is 15.2 Å². The number of aromatic nitrogens is 1. The second-order valence-electron chi connectivity index (χ2n) is 6.22. The van der Waals surface area contributed by atoms with Crippen LogP contribution in [0.25, 0.3) is 0 Å². The molecule has 0 radical (unpaired) electrons. The molecule has 0 amide bonds. The molecule has 1 aromatic rings. The lowest BCUT2D eigenvalue weighted by Crippen LogP contribution is -2.38. The maximum Gasteiger partial charge on any atom is 0.219 e. The summed E-state index contributed by atoms with van der Waals surface area (Å²) in [6.45, 7) is 6.73. The predicted molar refractivity (Wildman–Crippen MR) is 75.2 cm³/mol. The van der Waals surface area contributed by atoms with Gasteiger partial charge in [0.1, 0.15) is 6.10 Å². The first-order chi connectivity index (χ1) is 8.96. The van der Waals surface area contributed by atoms with Crippen molar-refractivity contribution in [2.75, 3.05) is 6.54 Å². The second-order valence-corrected chi connectivity index (χ2v) is 6.22. The number of hydrogen-bond acceptors (Lipinski definition) is 4. The van der Waals surface area contributed by atoms with Crippen molar-refractivity contribution in [1.82, 2.24) is 10.3 Å². The second kappa shape index (κ2) is 5.88. The average Bonchev–Trinajstić information content (AvgIpc) is 2.30. The van der Waals surface area contributed by atoms with Gasteiger partial charge in [0, 0.05) is 23.8 Å². The van der Waals surface area contributed by atoms with Gasteiger partial charge in [-0.3, -0.25) is 0 Å². The summed E-state index contributed by atoms with van der Waals surface area (Å²) in [7, 11) is 0. The molecule has 1 saturated carbocycles. The minimum atomic E-state index is -0.594. The van der Waals surface area contributed by atoms with Crippen molar-refractivity contribution in [3.05, 3.63) is 23.9 Å². The Morgan fingerprint density at radius 2 is 2.21 bits per heavy atom. The normalized spacial score (nSPS) is 17.9. The maximum atomic E-state index is 10.3. The lowest BCUT2D eigenvalue weighted by Gasteiger charge is -2.28. The van der Waals surface area contributed by atoms with Crippen LogP contribution in [0.1, 0.15) is 51.7 Å². The number of aliphatic hydroxyl groups is 1. The van der Waals surface area contributed by atoms with E-state index in [1.165, 1.54) is 6.42 Å². The lowest BCUT2D eigenvalue weighted by atomic mass is 9.96. The molecule has 4 heteroatoms. The van der Waals surface area contributed by atoms with E-state index in [0.29, 0.717) is 12.4 Å². The van der Waals surface area contributed by atoms with Crippen molar-refractivity contribution < 1.29 is 9.84 Å². The van der Waals surface area contributed by atoms with Crippen molar-refractivity contribution in [2.45, 2.75) is 57.8 Å². The molecule has 1 fully saturated rings. The largest absolute Gasteiger partial charge is 0.474 e. The first kappa shape index (κ1) is 14.3. The topological polar surface area (TPSA) is 54.4 Å². The third-order valence-corrected chi connectivity index (χ3v) is 3.32. The van der Waals surface area contributed by atoms with Crippen LogP contribution in [0.4, 0.5) is 0 Å². The van der Waals surface area contributed by atoms with Gasteiger partial charge in [-0.1, -0.05) is 0 Å². The van der Waals surface area contributed by atoms with Crippen LogP contribution in [0.3, 0.4) is 0 Å². The third kappa shape index (κ3) is 4.18. The molecule has 1 atom stereocenters. The Kier molecular flexibility index (Phi) is 4.42. The van der Waals surface area contributed by atoms with Crippen molar-refractivity contribution in [3.8, 4) is 5.88 Å². The summed E-state index contributed by atoms with van der Waals surface area (Å²) >= 11 is 0. The van der Waals surface area contributed by atoms with Gasteiger partial charge >= 0.3 is 0 Å². The van der Waals surface area contributed by atoms with Crippen molar-refractivity contribution in [2.24, 2.45) is 0 Å². The molecule has 4 nitrogen and oxygen atoms in total. The van der Waals surface area contributed by atoms with Crippen LogP contribution in [0.15, 0.2) is 18.3 Å². The zero-order valence-corrected chi connectivity index (χ0v) is 12.0. The van der Waals surface area contributed by atoms with Crippen molar-refractivity contribution in [3.63, 3.8) is 0 Å². The standard InChI is InChI=1S/C15H24N2O2/c1-15(2,3)17-10-13(18)12-8-5-9-16-14(12)19-11-6-4-7-11/h5,8-9,11,13,17-18H,4,6-7,10H2,1-3H3/t13-/m0/s1. The Morgan fingerprint density at radius 1 is 1.47 bits per heavy atom. The number of hydrogen-bond donors (Lipinski definition) is 2. The summed E-state index contributed by atoms with van der Waals surface area (Å²) in [5, 5.41) is 13.6. The quantitative estimate of drug-likeness (QED) is 0.857. The average molecular weight is 264 g/mol. The van der Waals surface area contributed by atoms with Crippen molar-refractivity contribution >= 4 is 0 Å².